The van der Waals surface area contributed by atoms with Gasteiger partial charge in [0, 0.05) is 11.5 Å². The molecule has 1 saturated heterocycles. The number of methoxy groups -OCH3 is 2. The Balaban J connectivity index is 2.13. The van der Waals surface area contributed by atoms with Gasteiger partial charge >= 0.3 is 0 Å². The summed E-state index contributed by atoms with van der Waals surface area (Å²) in [5.41, 5.74) is 2.63. The van der Waals surface area contributed by atoms with Gasteiger partial charge in [0.05, 0.1) is 14.2 Å². The third kappa shape index (κ3) is 3.06. The number of ether oxygens (including phenoxy) is 2. The van der Waals surface area contributed by atoms with Crippen LogP contribution in [0.5, 0.6) is 11.5 Å². The molecule has 0 amide bonds. The minimum Gasteiger partial charge on any atom is -0.497 e. The van der Waals surface area contributed by atoms with Gasteiger partial charge in [0.1, 0.15) is 11.5 Å². The maximum Gasteiger partial charge on any atom is 0.119 e. The van der Waals surface area contributed by atoms with Gasteiger partial charge in [0.25, 0.3) is 0 Å². The first-order chi connectivity index (χ1) is 11.2. The summed E-state index contributed by atoms with van der Waals surface area (Å²) >= 11 is 0. The molecule has 1 aliphatic rings. The van der Waals surface area contributed by atoms with Crippen molar-refractivity contribution in [2.45, 2.75) is 31.2 Å². The van der Waals surface area contributed by atoms with Crippen molar-refractivity contribution in [2.24, 2.45) is 0 Å². The number of rotatable bonds is 4. The van der Waals surface area contributed by atoms with Crippen LogP contribution in [0.25, 0.3) is 0 Å². The summed E-state index contributed by atoms with van der Waals surface area (Å²) in [5, 5.41) is 3.57. The summed E-state index contributed by atoms with van der Waals surface area (Å²) in [6.07, 6.45) is 2.13. The molecule has 0 saturated carbocycles. The van der Waals surface area contributed by atoms with Gasteiger partial charge in [-0.25, -0.2) is 0 Å². The molecule has 3 nitrogen and oxygen atoms in total. The van der Waals surface area contributed by atoms with Gasteiger partial charge < -0.3 is 14.8 Å². The molecule has 1 heterocycles. The van der Waals surface area contributed by atoms with Gasteiger partial charge in [-0.2, -0.15) is 0 Å². The van der Waals surface area contributed by atoms with Gasteiger partial charge in [-0.3, -0.25) is 0 Å². The van der Waals surface area contributed by atoms with Gasteiger partial charge in [0.15, 0.2) is 0 Å². The van der Waals surface area contributed by atoms with E-state index in [0.717, 1.165) is 30.9 Å². The first-order valence-corrected chi connectivity index (χ1v) is 8.20. The lowest BCUT2D eigenvalue weighted by atomic mass is 9.66. The average molecular weight is 311 g/mol. The first-order valence-electron chi connectivity index (χ1n) is 8.20. The Bertz CT molecular complexity index is 621. The predicted octanol–water partition coefficient (Wildman–Crippen LogP) is 3.76. The van der Waals surface area contributed by atoms with Gasteiger partial charge in [-0.15, -0.1) is 0 Å². The molecule has 23 heavy (non-hydrogen) atoms. The van der Waals surface area contributed by atoms with Crippen molar-refractivity contribution in [1.29, 1.82) is 0 Å². The van der Waals surface area contributed by atoms with Crippen LogP contribution in [0.4, 0.5) is 0 Å². The van der Waals surface area contributed by atoms with E-state index in [1.807, 2.05) is 12.1 Å². The monoisotopic (exact) mass is 311 g/mol. The second-order valence-corrected chi connectivity index (χ2v) is 6.36. The highest BCUT2D eigenvalue weighted by molar-refractivity contribution is 5.45. The quantitative estimate of drug-likeness (QED) is 0.932. The minimum absolute atomic E-state index is 0.00620. The molecule has 3 heteroatoms. The molecule has 1 unspecified atom stereocenters. The Morgan fingerprint density at radius 2 is 1.52 bits per heavy atom. The summed E-state index contributed by atoms with van der Waals surface area (Å²) < 4.78 is 10.9. The van der Waals surface area contributed by atoms with E-state index in [-0.39, 0.29) is 5.41 Å². The molecule has 0 aromatic heterocycles. The maximum absolute atomic E-state index is 5.46. The Morgan fingerprint density at radius 3 is 2.00 bits per heavy atom. The largest absolute Gasteiger partial charge is 0.497 e. The SMILES string of the molecule is COc1cccc(C2(c3cccc(OC)c3)CCNC(C)C2)c1. The second kappa shape index (κ2) is 6.63. The van der Waals surface area contributed by atoms with Gasteiger partial charge in [-0.1, -0.05) is 24.3 Å². The van der Waals surface area contributed by atoms with Crippen LogP contribution in [-0.2, 0) is 5.41 Å². The lowest BCUT2D eigenvalue weighted by molar-refractivity contribution is 0.302. The van der Waals surface area contributed by atoms with Crippen LogP contribution in [0, 0.1) is 0 Å². The molecule has 1 N–H and O–H groups in total. The van der Waals surface area contributed by atoms with E-state index in [1.165, 1.54) is 11.1 Å². The maximum atomic E-state index is 5.46. The second-order valence-electron chi connectivity index (χ2n) is 6.36. The standard InChI is InChI=1S/C20H25NO2/c1-15-14-20(10-11-21-15,16-6-4-8-18(12-16)22-2)17-7-5-9-19(13-17)23-3/h4-9,12-13,15,21H,10-11,14H2,1-3H3. The van der Waals surface area contributed by atoms with E-state index in [1.54, 1.807) is 14.2 Å². The fourth-order valence-corrected chi connectivity index (χ4v) is 3.76. The van der Waals surface area contributed by atoms with Crippen molar-refractivity contribution in [2.75, 3.05) is 20.8 Å². The molecule has 122 valence electrons. The van der Waals surface area contributed by atoms with Crippen LogP contribution in [0.3, 0.4) is 0 Å². The molecule has 1 aliphatic heterocycles. The molecule has 0 aliphatic carbocycles. The van der Waals surface area contributed by atoms with Crippen molar-refractivity contribution in [3.63, 3.8) is 0 Å². The number of hydrogen-bond donors (Lipinski definition) is 1. The molecule has 0 spiro atoms. The summed E-state index contributed by atoms with van der Waals surface area (Å²) in [5.74, 6) is 1.83. The van der Waals surface area contributed by atoms with E-state index in [2.05, 4.69) is 48.6 Å². The lowest BCUT2D eigenvalue weighted by Gasteiger charge is -2.42. The molecular weight excluding hydrogens is 286 g/mol. The van der Waals surface area contributed by atoms with Gasteiger partial charge in [-0.05, 0) is 61.7 Å². The normalized spacial score (nSPS) is 20.0. The summed E-state index contributed by atoms with van der Waals surface area (Å²) in [4.78, 5) is 0. The van der Waals surface area contributed by atoms with E-state index in [0.29, 0.717) is 6.04 Å². The number of benzene rings is 2. The molecular formula is C20H25NO2. The van der Waals surface area contributed by atoms with Crippen molar-refractivity contribution >= 4 is 0 Å². The third-order valence-electron chi connectivity index (χ3n) is 4.94. The molecule has 1 fully saturated rings. The highest BCUT2D eigenvalue weighted by atomic mass is 16.5. The van der Waals surface area contributed by atoms with Crippen LogP contribution in [0.1, 0.15) is 30.9 Å². The topological polar surface area (TPSA) is 30.5 Å². The molecule has 0 bridgehead atoms. The summed E-state index contributed by atoms with van der Waals surface area (Å²) in [6, 6.07) is 17.5. The average Bonchev–Trinajstić information content (AvgIpc) is 2.61. The molecule has 1 atom stereocenters. The zero-order valence-corrected chi connectivity index (χ0v) is 14.1. The molecule has 2 aromatic carbocycles. The highest BCUT2D eigenvalue weighted by Gasteiger charge is 2.38. The number of piperidine rings is 1. The number of hydrogen-bond acceptors (Lipinski definition) is 3. The van der Waals surface area contributed by atoms with Crippen molar-refractivity contribution in [3.05, 3.63) is 59.7 Å². The van der Waals surface area contributed by atoms with Crippen molar-refractivity contribution in [1.82, 2.24) is 5.32 Å². The van der Waals surface area contributed by atoms with E-state index >= 15 is 0 Å². The minimum atomic E-state index is -0.00620. The van der Waals surface area contributed by atoms with Crippen LogP contribution in [0.2, 0.25) is 0 Å². The third-order valence-corrected chi connectivity index (χ3v) is 4.94. The van der Waals surface area contributed by atoms with Crippen LogP contribution < -0.4 is 14.8 Å². The molecule has 0 radical (unpaired) electrons. The number of nitrogens with one attached hydrogen (secondary N) is 1. The van der Waals surface area contributed by atoms with E-state index in [9.17, 15) is 0 Å². The Hall–Kier alpha value is -2.00. The smallest absolute Gasteiger partial charge is 0.119 e. The highest BCUT2D eigenvalue weighted by Crippen LogP contribution is 2.43. The van der Waals surface area contributed by atoms with Crippen LogP contribution >= 0.6 is 0 Å². The Kier molecular flexibility index (Phi) is 4.58. The van der Waals surface area contributed by atoms with Crippen molar-refractivity contribution < 1.29 is 9.47 Å². The van der Waals surface area contributed by atoms with E-state index < -0.39 is 0 Å². The zero-order chi connectivity index (χ0) is 16.3. The fraction of sp³-hybridized carbons (Fsp3) is 0.400. The molecule has 3 rings (SSSR count). The van der Waals surface area contributed by atoms with Gasteiger partial charge in [0.2, 0.25) is 0 Å². The first kappa shape index (κ1) is 15.9. The Labute approximate surface area is 138 Å². The van der Waals surface area contributed by atoms with Crippen LogP contribution in [0.15, 0.2) is 48.5 Å². The zero-order valence-electron chi connectivity index (χ0n) is 14.1. The molecule has 2 aromatic rings. The van der Waals surface area contributed by atoms with E-state index in [4.69, 9.17) is 9.47 Å². The van der Waals surface area contributed by atoms with Crippen molar-refractivity contribution in [3.8, 4) is 11.5 Å². The van der Waals surface area contributed by atoms with Crippen LogP contribution in [-0.4, -0.2) is 26.8 Å². The summed E-state index contributed by atoms with van der Waals surface area (Å²) in [6.45, 7) is 3.27. The predicted molar refractivity (Wildman–Crippen MR) is 93.5 cm³/mol. The summed E-state index contributed by atoms with van der Waals surface area (Å²) in [7, 11) is 3.45. The Morgan fingerprint density at radius 1 is 0.957 bits per heavy atom. The fourth-order valence-electron chi connectivity index (χ4n) is 3.76. The lowest BCUT2D eigenvalue weighted by Crippen LogP contribution is -2.45.